The van der Waals surface area contributed by atoms with Gasteiger partial charge in [0.25, 0.3) is 5.91 Å². The van der Waals surface area contributed by atoms with Crippen LogP contribution in [0.15, 0.2) is 24.3 Å². The minimum absolute atomic E-state index is 0.0611. The number of hydrogen-bond acceptors (Lipinski definition) is 6. The third kappa shape index (κ3) is 6.76. The fourth-order valence-electron chi connectivity index (χ4n) is 3.77. The molecule has 2 heterocycles. The van der Waals surface area contributed by atoms with Gasteiger partial charge in [-0.1, -0.05) is 12.1 Å². The monoisotopic (exact) mass is 499 g/mol. The Bertz CT molecular complexity index is 1010. The highest BCUT2D eigenvalue weighted by atomic mass is 32.1. The summed E-state index contributed by atoms with van der Waals surface area (Å²) < 4.78 is 31.7. The Hall–Kier alpha value is -2.99. The van der Waals surface area contributed by atoms with Crippen LogP contribution in [0.3, 0.4) is 0 Å². The van der Waals surface area contributed by atoms with Gasteiger partial charge < -0.3 is 20.8 Å². The number of halogens is 3. The molecule has 4 N–H and O–H groups in total. The van der Waals surface area contributed by atoms with Crippen LogP contribution in [0.4, 0.5) is 13.2 Å². The van der Waals surface area contributed by atoms with Gasteiger partial charge in [-0.25, -0.2) is 9.78 Å². The van der Waals surface area contributed by atoms with Crippen LogP contribution in [0.1, 0.15) is 46.6 Å². The lowest BCUT2D eigenvalue weighted by molar-refractivity contribution is -0.192. The summed E-state index contributed by atoms with van der Waals surface area (Å²) in [6.07, 6.45) is -1.42. The zero-order chi connectivity index (χ0) is 24.9. The maximum Gasteiger partial charge on any atom is 0.490 e. The number of carboxylic acid groups (broad SMARTS) is 2. The summed E-state index contributed by atoms with van der Waals surface area (Å²) in [5.41, 5.74) is 2.85. The molecule has 0 spiro atoms. The quantitative estimate of drug-likeness (QED) is 0.507. The van der Waals surface area contributed by atoms with Gasteiger partial charge in [-0.15, -0.1) is 11.3 Å². The third-order valence-electron chi connectivity index (χ3n) is 5.65. The second-order valence-corrected chi connectivity index (χ2v) is 9.14. The van der Waals surface area contributed by atoms with E-state index >= 15 is 0 Å². The molecule has 8 nitrogen and oxygen atoms in total. The molecule has 34 heavy (non-hydrogen) atoms. The number of aliphatic carboxylic acids is 2. The molecule has 1 aliphatic carbocycles. The summed E-state index contributed by atoms with van der Waals surface area (Å²) in [5, 5.41) is 23.6. The molecule has 1 aromatic heterocycles. The number of nitrogens with zero attached hydrogens (tertiary/aromatic N) is 1. The molecular formula is C22H24F3N3O5S. The Morgan fingerprint density at radius 3 is 2.21 bits per heavy atom. The molecule has 4 rings (SSSR count). The highest BCUT2D eigenvalue weighted by molar-refractivity contribution is 7.15. The number of carbonyl (C=O) groups excluding carboxylic acids is 1. The van der Waals surface area contributed by atoms with Crippen LogP contribution in [-0.2, 0) is 22.6 Å². The smallest absolute Gasteiger partial charge is 0.481 e. The lowest BCUT2D eigenvalue weighted by Crippen LogP contribution is -2.38. The highest BCUT2D eigenvalue weighted by Crippen LogP contribution is 2.30. The van der Waals surface area contributed by atoms with Gasteiger partial charge in [0, 0.05) is 41.6 Å². The summed E-state index contributed by atoms with van der Waals surface area (Å²) >= 11 is 1.71. The van der Waals surface area contributed by atoms with E-state index in [0.29, 0.717) is 18.4 Å². The van der Waals surface area contributed by atoms with Crippen molar-refractivity contribution in [2.75, 3.05) is 6.54 Å². The molecule has 1 saturated carbocycles. The molecule has 184 valence electrons. The minimum atomic E-state index is -5.08. The predicted molar refractivity (Wildman–Crippen MR) is 117 cm³/mol. The van der Waals surface area contributed by atoms with Crippen LogP contribution in [-0.4, -0.2) is 51.8 Å². The Labute approximate surface area is 197 Å². The molecule has 1 aromatic carbocycles. The van der Waals surface area contributed by atoms with E-state index in [1.165, 1.54) is 10.6 Å². The fourth-order valence-corrected chi connectivity index (χ4v) is 4.85. The van der Waals surface area contributed by atoms with Crippen molar-refractivity contribution in [3.05, 3.63) is 40.4 Å². The molecular weight excluding hydrogens is 475 g/mol. The van der Waals surface area contributed by atoms with Crippen LogP contribution in [0, 0.1) is 5.92 Å². The first kappa shape index (κ1) is 25.6. The van der Waals surface area contributed by atoms with Crippen molar-refractivity contribution < 1.29 is 37.8 Å². The van der Waals surface area contributed by atoms with Crippen molar-refractivity contribution in [2.24, 2.45) is 5.92 Å². The van der Waals surface area contributed by atoms with E-state index in [4.69, 9.17) is 20.0 Å². The summed E-state index contributed by atoms with van der Waals surface area (Å²) in [5.74, 6) is -3.85. The van der Waals surface area contributed by atoms with Crippen LogP contribution in [0.25, 0.3) is 10.6 Å². The first-order chi connectivity index (χ1) is 16.0. The van der Waals surface area contributed by atoms with Crippen LogP contribution in [0.5, 0.6) is 0 Å². The number of nitrogens with one attached hydrogen (secondary N) is 2. The van der Waals surface area contributed by atoms with Gasteiger partial charge >= 0.3 is 18.1 Å². The number of carboxylic acids is 2. The van der Waals surface area contributed by atoms with Crippen molar-refractivity contribution in [3.63, 3.8) is 0 Å². The molecule has 0 atom stereocenters. The number of amides is 1. The number of alkyl halides is 3. The van der Waals surface area contributed by atoms with Crippen molar-refractivity contribution in [3.8, 4) is 10.6 Å². The Kier molecular flexibility index (Phi) is 8.26. The molecule has 1 fully saturated rings. The van der Waals surface area contributed by atoms with E-state index in [1.54, 1.807) is 11.3 Å². The number of thiazole rings is 1. The first-order valence-corrected chi connectivity index (χ1v) is 11.5. The molecule has 2 aromatic rings. The van der Waals surface area contributed by atoms with Crippen molar-refractivity contribution in [1.29, 1.82) is 0 Å². The lowest BCUT2D eigenvalue weighted by Gasteiger charge is -2.26. The zero-order valence-corrected chi connectivity index (χ0v) is 18.8. The van der Waals surface area contributed by atoms with Gasteiger partial charge in [0.1, 0.15) is 5.01 Å². The SMILES string of the molecule is O=C(N[C@H]1CC[C@H](C(=O)O)CC1)c1ccc(-c2nc3c(s2)CNCC3)cc1.O=C(O)C(F)(F)F. The van der Waals surface area contributed by atoms with Crippen LogP contribution in [0.2, 0.25) is 0 Å². The Morgan fingerprint density at radius 1 is 1.06 bits per heavy atom. The van der Waals surface area contributed by atoms with Gasteiger partial charge in [-0.3, -0.25) is 9.59 Å². The average molecular weight is 500 g/mol. The fraction of sp³-hybridized carbons (Fsp3) is 0.455. The van der Waals surface area contributed by atoms with Crippen molar-refractivity contribution in [1.82, 2.24) is 15.6 Å². The molecule has 0 saturated heterocycles. The number of fused-ring (bicyclic) bond motifs is 1. The first-order valence-electron chi connectivity index (χ1n) is 10.7. The number of aromatic nitrogens is 1. The normalized spacial score (nSPS) is 19.9. The van der Waals surface area contributed by atoms with Gasteiger partial charge in [0.2, 0.25) is 0 Å². The number of hydrogen-bond donors (Lipinski definition) is 4. The maximum absolute atomic E-state index is 12.5. The standard InChI is InChI=1S/C20H23N3O3S.C2HF3O2/c24-18(22-15-7-5-14(6-8-15)20(25)26)12-1-3-13(4-2-12)19-23-16-9-10-21-11-17(16)27-19;3-2(4,5)1(6)7/h1-4,14-15,21H,5-11H2,(H,22,24)(H,25,26);(H,6,7)/t14-,15-;. The topological polar surface area (TPSA) is 129 Å². The largest absolute Gasteiger partial charge is 0.490 e. The van der Waals surface area contributed by atoms with Crippen LogP contribution < -0.4 is 10.6 Å². The van der Waals surface area contributed by atoms with E-state index in [0.717, 1.165) is 42.9 Å². The van der Waals surface area contributed by atoms with E-state index < -0.39 is 18.1 Å². The van der Waals surface area contributed by atoms with E-state index in [-0.39, 0.29) is 17.9 Å². The van der Waals surface area contributed by atoms with Crippen molar-refractivity contribution >= 4 is 29.2 Å². The number of rotatable bonds is 4. The minimum Gasteiger partial charge on any atom is -0.481 e. The molecule has 1 amide bonds. The van der Waals surface area contributed by atoms with Crippen LogP contribution >= 0.6 is 11.3 Å². The average Bonchev–Trinajstić information content (AvgIpc) is 3.24. The lowest BCUT2D eigenvalue weighted by atomic mass is 9.86. The van der Waals surface area contributed by atoms with Gasteiger partial charge in [0.15, 0.2) is 0 Å². The Balaban J connectivity index is 0.000000406. The second-order valence-electron chi connectivity index (χ2n) is 8.06. The highest BCUT2D eigenvalue weighted by Gasteiger charge is 2.38. The number of carbonyl (C=O) groups is 3. The van der Waals surface area contributed by atoms with Gasteiger partial charge in [-0.05, 0) is 37.8 Å². The molecule has 1 aliphatic heterocycles. The molecule has 0 radical (unpaired) electrons. The molecule has 2 aliphatic rings. The zero-order valence-electron chi connectivity index (χ0n) is 18.0. The molecule has 0 unspecified atom stereocenters. The predicted octanol–water partition coefficient (Wildman–Crippen LogP) is 3.46. The number of benzene rings is 1. The summed E-state index contributed by atoms with van der Waals surface area (Å²) in [4.78, 5) is 38.4. The van der Waals surface area contributed by atoms with E-state index in [9.17, 15) is 22.8 Å². The summed E-state index contributed by atoms with van der Waals surface area (Å²) in [6.45, 7) is 1.86. The summed E-state index contributed by atoms with van der Waals surface area (Å²) in [6, 6.07) is 7.64. The van der Waals surface area contributed by atoms with Gasteiger partial charge in [-0.2, -0.15) is 13.2 Å². The van der Waals surface area contributed by atoms with Crippen molar-refractivity contribution in [2.45, 2.75) is 50.9 Å². The van der Waals surface area contributed by atoms with E-state index in [2.05, 4.69) is 10.6 Å². The maximum atomic E-state index is 12.5. The molecule has 0 bridgehead atoms. The molecule has 12 heteroatoms. The van der Waals surface area contributed by atoms with Gasteiger partial charge in [0.05, 0.1) is 11.6 Å². The summed E-state index contributed by atoms with van der Waals surface area (Å²) in [7, 11) is 0. The third-order valence-corrected chi connectivity index (χ3v) is 6.80. The second kappa shape index (κ2) is 11.0. The van der Waals surface area contributed by atoms with E-state index in [1.807, 2.05) is 24.3 Å². The Morgan fingerprint density at radius 2 is 1.68 bits per heavy atom.